The summed E-state index contributed by atoms with van der Waals surface area (Å²) in [5, 5.41) is 0. The fourth-order valence-corrected chi connectivity index (χ4v) is 3.47. The highest BCUT2D eigenvalue weighted by atomic mass is 127. The molecule has 140 valence electrons. The quantitative estimate of drug-likeness (QED) is 0.297. The van der Waals surface area contributed by atoms with E-state index in [-0.39, 0.29) is 11.8 Å². The molecule has 1 aliphatic rings. The summed E-state index contributed by atoms with van der Waals surface area (Å²) in [5.41, 5.74) is 1.76. The second-order valence-corrected chi connectivity index (χ2v) is 8.12. The van der Waals surface area contributed by atoms with Crippen molar-refractivity contribution < 1.29 is 19.0 Å². The minimum Gasteiger partial charge on any atom is -0.493 e. The minimum atomic E-state index is -0.482. The fourth-order valence-electron chi connectivity index (χ4n) is 2.46. The molecule has 0 atom stereocenters. The molecule has 0 bridgehead atoms. The van der Waals surface area contributed by atoms with E-state index in [1.54, 1.807) is 13.2 Å². The highest BCUT2D eigenvalue weighted by Crippen LogP contribution is 2.35. The molecule has 0 N–H and O–H groups in total. The van der Waals surface area contributed by atoms with Crippen molar-refractivity contribution in [2.24, 2.45) is 4.99 Å². The Morgan fingerprint density at radius 1 is 1.22 bits per heavy atom. The Hall–Kier alpha value is -1.87. The zero-order valence-electron chi connectivity index (χ0n) is 15.0. The number of nitrogens with zero attached hydrogens (tertiary/aromatic N) is 1. The van der Waals surface area contributed by atoms with E-state index in [2.05, 4.69) is 43.5 Å². The molecule has 3 rings (SSSR count). The zero-order valence-corrected chi connectivity index (χ0v) is 18.7. The van der Waals surface area contributed by atoms with Gasteiger partial charge in [-0.15, -0.1) is 0 Å². The van der Waals surface area contributed by atoms with Gasteiger partial charge in [-0.2, -0.15) is 0 Å². The average molecular weight is 542 g/mol. The Bertz CT molecular complexity index is 936. The lowest BCUT2D eigenvalue weighted by Crippen LogP contribution is -2.08. The maximum absolute atomic E-state index is 12.2. The van der Waals surface area contributed by atoms with Crippen molar-refractivity contribution in [1.82, 2.24) is 0 Å². The molecule has 0 fully saturated rings. The van der Waals surface area contributed by atoms with Crippen LogP contribution in [0.3, 0.4) is 0 Å². The molecule has 1 aliphatic heterocycles. The number of rotatable bonds is 5. The van der Waals surface area contributed by atoms with E-state index in [1.165, 1.54) is 0 Å². The van der Waals surface area contributed by atoms with E-state index in [1.807, 2.05) is 50.2 Å². The van der Waals surface area contributed by atoms with Gasteiger partial charge in [0.05, 0.1) is 16.8 Å². The van der Waals surface area contributed by atoms with E-state index in [4.69, 9.17) is 14.2 Å². The largest absolute Gasteiger partial charge is 0.493 e. The van der Waals surface area contributed by atoms with Crippen molar-refractivity contribution in [2.45, 2.75) is 20.0 Å². The number of halogens is 2. The van der Waals surface area contributed by atoms with Crippen molar-refractivity contribution in [3.8, 4) is 11.5 Å². The molecular formula is C20H17BrINO4. The fraction of sp³-hybridized carbons (Fsp3) is 0.200. The van der Waals surface area contributed by atoms with E-state index >= 15 is 0 Å². The van der Waals surface area contributed by atoms with Crippen LogP contribution in [-0.4, -0.2) is 25.1 Å². The lowest BCUT2D eigenvalue weighted by Gasteiger charge is -2.15. The smallest absolute Gasteiger partial charge is 0.363 e. The third-order valence-electron chi connectivity index (χ3n) is 3.62. The van der Waals surface area contributed by atoms with Gasteiger partial charge >= 0.3 is 5.97 Å². The van der Waals surface area contributed by atoms with Gasteiger partial charge in [0.25, 0.3) is 0 Å². The molecule has 7 heteroatoms. The first kappa shape index (κ1) is 19.9. The Morgan fingerprint density at radius 3 is 2.56 bits per heavy atom. The Balaban J connectivity index is 1.95. The van der Waals surface area contributed by atoms with Gasteiger partial charge in [-0.25, -0.2) is 9.79 Å². The molecule has 0 spiro atoms. The first-order chi connectivity index (χ1) is 12.9. The molecule has 0 aliphatic carbocycles. The number of aliphatic imine (C=N–C) groups is 1. The van der Waals surface area contributed by atoms with Gasteiger partial charge in [0.2, 0.25) is 5.90 Å². The van der Waals surface area contributed by atoms with Gasteiger partial charge in [-0.3, -0.25) is 0 Å². The van der Waals surface area contributed by atoms with E-state index in [0.29, 0.717) is 17.4 Å². The molecule has 0 saturated carbocycles. The highest BCUT2D eigenvalue weighted by molar-refractivity contribution is 14.1. The summed E-state index contributed by atoms with van der Waals surface area (Å²) in [6.45, 7) is 3.91. The van der Waals surface area contributed by atoms with Crippen LogP contribution in [0.2, 0.25) is 0 Å². The van der Waals surface area contributed by atoms with Gasteiger partial charge in [-0.1, -0.05) is 15.9 Å². The number of cyclic esters (lactones) is 1. The molecule has 0 aromatic heterocycles. The summed E-state index contributed by atoms with van der Waals surface area (Å²) in [6, 6.07) is 11.1. The minimum absolute atomic E-state index is 0.0273. The van der Waals surface area contributed by atoms with Gasteiger partial charge in [0.1, 0.15) is 0 Å². The third kappa shape index (κ3) is 4.70. The number of carbonyl (C=O) groups excluding carboxylic acids is 1. The number of ether oxygens (including phenoxy) is 3. The Kier molecular flexibility index (Phi) is 6.21. The summed E-state index contributed by atoms with van der Waals surface area (Å²) in [7, 11) is 1.59. The third-order valence-corrected chi connectivity index (χ3v) is 4.95. The normalized spacial score (nSPS) is 15.1. The highest BCUT2D eigenvalue weighted by Gasteiger charge is 2.24. The van der Waals surface area contributed by atoms with Crippen LogP contribution in [0.25, 0.3) is 6.08 Å². The summed E-state index contributed by atoms with van der Waals surface area (Å²) >= 11 is 5.57. The number of benzene rings is 2. The van der Waals surface area contributed by atoms with Crippen LogP contribution in [0, 0.1) is 3.57 Å². The van der Waals surface area contributed by atoms with Crippen LogP contribution in [0.15, 0.2) is 51.6 Å². The number of carbonyl (C=O) groups is 1. The second kappa shape index (κ2) is 8.43. The predicted octanol–water partition coefficient (Wildman–Crippen LogP) is 5.19. The van der Waals surface area contributed by atoms with Crippen LogP contribution in [0.1, 0.15) is 25.0 Å². The molecule has 27 heavy (non-hydrogen) atoms. The van der Waals surface area contributed by atoms with Gasteiger partial charge in [0.15, 0.2) is 17.2 Å². The van der Waals surface area contributed by atoms with E-state index in [9.17, 15) is 4.79 Å². The summed E-state index contributed by atoms with van der Waals surface area (Å²) in [5.74, 6) is 1.10. The van der Waals surface area contributed by atoms with Crippen molar-refractivity contribution in [3.05, 3.63) is 61.3 Å². The monoisotopic (exact) mass is 541 g/mol. The van der Waals surface area contributed by atoms with Gasteiger partial charge in [-0.05, 0) is 84.5 Å². The molecule has 1 heterocycles. The lowest BCUT2D eigenvalue weighted by molar-refractivity contribution is -0.129. The van der Waals surface area contributed by atoms with Crippen LogP contribution in [-0.2, 0) is 9.53 Å². The zero-order chi connectivity index (χ0) is 19.6. The molecule has 0 unspecified atom stereocenters. The summed E-state index contributed by atoms with van der Waals surface area (Å²) in [4.78, 5) is 16.5. The van der Waals surface area contributed by atoms with Crippen LogP contribution in [0.4, 0.5) is 0 Å². The van der Waals surface area contributed by atoms with Crippen molar-refractivity contribution in [2.75, 3.05) is 7.11 Å². The number of hydrogen-bond donors (Lipinski definition) is 0. The van der Waals surface area contributed by atoms with Crippen LogP contribution >= 0.6 is 38.5 Å². The number of hydrogen-bond acceptors (Lipinski definition) is 5. The summed E-state index contributed by atoms with van der Waals surface area (Å²) < 4.78 is 18.4. The molecule has 2 aromatic rings. The standard InChI is InChI=1S/C20H17BrINO4/c1-11(2)26-18-15(22)8-12(10-17(18)25-3)9-16-20(24)27-19(23-16)13-4-6-14(21)7-5-13/h4-11H,1-3H3/b16-9-. The lowest BCUT2D eigenvalue weighted by atomic mass is 10.1. The van der Waals surface area contributed by atoms with Gasteiger partial charge < -0.3 is 14.2 Å². The SMILES string of the molecule is COc1cc(/C=C2\N=C(c3ccc(Br)cc3)OC2=O)cc(I)c1OC(C)C. The predicted molar refractivity (Wildman–Crippen MR) is 116 cm³/mol. The summed E-state index contributed by atoms with van der Waals surface area (Å²) in [6.07, 6.45) is 1.71. The van der Waals surface area contributed by atoms with Gasteiger partial charge in [0, 0.05) is 10.0 Å². The molecular weight excluding hydrogens is 525 g/mol. The maximum Gasteiger partial charge on any atom is 0.363 e. The first-order valence-corrected chi connectivity index (χ1v) is 10.1. The molecule has 0 amide bonds. The Labute approximate surface area is 179 Å². The van der Waals surface area contributed by atoms with Crippen molar-refractivity contribution in [3.63, 3.8) is 0 Å². The molecule has 2 aromatic carbocycles. The molecule has 0 radical (unpaired) electrons. The number of esters is 1. The number of methoxy groups -OCH3 is 1. The van der Waals surface area contributed by atoms with E-state index < -0.39 is 5.97 Å². The van der Waals surface area contributed by atoms with Crippen molar-refractivity contribution in [1.29, 1.82) is 0 Å². The topological polar surface area (TPSA) is 57.1 Å². The molecule has 5 nitrogen and oxygen atoms in total. The maximum atomic E-state index is 12.2. The average Bonchev–Trinajstić information content (AvgIpc) is 2.98. The van der Waals surface area contributed by atoms with Crippen LogP contribution in [0.5, 0.6) is 11.5 Å². The van der Waals surface area contributed by atoms with Crippen LogP contribution < -0.4 is 9.47 Å². The second-order valence-electron chi connectivity index (χ2n) is 6.04. The first-order valence-electron chi connectivity index (χ1n) is 8.20. The molecule has 0 saturated heterocycles. The van der Waals surface area contributed by atoms with E-state index in [0.717, 1.165) is 19.2 Å². The van der Waals surface area contributed by atoms with Crippen molar-refractivity contribution >= 4 is 56.5 Å². The Morgan fingerprint density at radius 2 is 1.93 bits per heavy atom.